The molecule has 0 aliphatic heterocycles. The fraction of sp³-hybridized carbons (Fsp3) is 1.00. The third-order valence-corrected chi connectivity index (χ3v) is 4.75. The van der Waals surface area contributed by atoms with E-state index in [2.05, 4.69) is 28.1 Å². The van der Waals surface area contributed by atoms with Crippen molar-refractivity contribution in [1.82, 2.24) is 4.13 Å². The molecule has 6 nitrogen and oxygen atoms in total. The Bertz CT molecular complexity index is 487. The van der Waals surface area contributed by atoms with Crippen molar-refractivity contribution in [2.75, 3.05) is 27.7 Å². The maximum absolute atomic E-state index is 11.5. The van der Waals surface area contributed by atoms with Crippen molar-refractivity contribution in [2.24, 2.45) is 0 Å². The molecule has 0 aromatic carbocycles. The van der Waals surface area contributed by atoms with Crippen LogP contribution in [0.15, 0.2) is 0 Å². The largest absolute Gasteiger partial charge is 0.512 e. The summed E-state index contributed by atoms with van der Waals surface area (Å²) >= 11 is 0. The van der Waals surface area contributed by atoms with Gasteiger partial charge in [0.1, 0.15) is 0 Å². The molecular weight excluding hydrogens is 354 g/mol. The lowest BCUT2D eigenvalue weighted by Crippen LogP contribution is -2.45. The summed E-state index contributed by atoms with van der Waals surface area (Å²) < 4.78 is 109. The molecule has 1 N–H and O–H groups in total. The molecule has 0 amide bonds. The van der Waals surface area contributed by atoms with Crippen molar-refractivity contribution >= 4 is 20.0 Å². The maximum Gasteiger partial charge on any atom is 0.512 e. The van der Waals surface area contributed by atoms with E-state index in [9.17, 15) is 43.2 Å². The summed E-state index contributed by atoms with van der Waals surface area (Å²) in [7, 11) is -6.65. The molecule has 0 aliphatic rings. The van der Waals surface area contributed by atoms with Gasteiger partial charge in [0.2, 0.25) is 0 Å². The van der Waals surface area contributed by atoms with Crippen molar-refractivity contribution < 1.29 is 47.7 Å². The fourth-order valence-electron chi connectivity index (χ4n) is 0.239. The van der Waals surface area contributed by atoms with Crippen LogP contribution in [-0.2, 0) is 20.0 Å². The smallest absolute Gasteiger partial charge is 0.331 e. The Morgan fingerprint density at radius 1 is 0.810 bits per heavy atom. The number of alkyl halides is 6. The lowest BCUT2D eigenvalue weighted by molar-refractivity contribution is -0.868. The minimum absolute atomic E-state index is 0.493. The van der Waals surface area contributed by atoms with E-state index >= 15 is 0 Å². The van der Waals surface area contributed by atoms with Gasteiger partial charge in [-0.05, 0) is 6.92 Å². The number of hydrogen-bond acceptors (Lipinski definition) is 4. The first-order valence-corrected chi connectivity index (χ1v) is 7.95. The van der Waals surface area contributed by atoms with Gasteiger partial charge in [-0.1, -0.05) is 4.13 Å². The van der Waals surface area contributed by atoms with E-state index in [-0.39, 0.29) is 0 Å². The standard InChI is InChI=1S/C5H14N.C2HF6NO4S2/c1-5-6(2,3)4;3-1(4,5)14(10,11)9-15(12,13)2(6,7)8/h5H2,1-4H3;9H/q+1;. The quantitative estimate of drug-likeness (QED) is 0.594. The Morgan fingerprint density at radius 2 is 1.00 bits per heavy atom. The molecule has 0 aromatic rings. The van der Waals surface area contributed by atoms with Crippen LogP contribution in [0, 0.1) is 0 Å². The predicted octanol–water partition coefficient (Wildman–Crippen LogP) is 0.988. The van der Waals surface area contributed by atoms with Gasteiger partial charge in [-0.25, -0.2) is 16.8 Å². The predicted molar refractivity (Wildman–Crippen MR) is 61.7 cm³/mol. The second-order valence-corrected chi connectivity index (χ2v) is 8.19. The van der Waals surface area contributed by atoms with Crippen LogP contribution in [-0.4, -0.2) is 60.0 Å². The Morgan fingerprint density at radius 3 is 1.10 bits per heavy atom. The van der Waals surface area contributed by atoms with Gasteiger partial charge in [0.15, 0.2) is 0 Å². The first-order valence-electron chi connectivity index (χ1n) is 4.98. The summed E-state index contributed by atoms with van der Waals surface area (Å²) in [6.45, 7) is 3.39. The highest BCUT2D eigenvalue weighted by Gasteiger charge is 2.55. The zero-order chi connectivity index (χ0) is 17.9. The average Bonchev–Trinajstić information content (AvgIpc) is 2.12. The van der Waals surface area contributed by atoms with Crippen molar-refractivity contribution in [3.05, 3.63) is 0 Å². The molecule has 0 saturated carbocycles. The van der Waals surface area contributed by atoms with E-state index in [4.69, 9.17) is 0 Å². The molecule has 0 aliphatic carbocycles. The zero-order valence-electron chi connectivity index (χ0n) is 11.4. The number of sulfonamides is 2. The molecule has 130 valence electrons. The molecule has 0 bridgehead atoms. The number of halogens is 6. The molecule has 0 aromatic heterocycles. The molecule has 0 heterocycles. The summed E-state index contributed by atoms with van der Waals surface area (Å²) in [5.74, 6) is 0. The molecule has 0 atom stereocenters. The highest BCUT2D eigenvalue weighted by molar-refractivity contribution is 8.05. The summed E-state index contributed by atoms with van der Waals surface area (Å²) in [6, 6.07) is 0. The van der Waals surface area contributed by atoms with Crippen LogP contribution in [0.25, 0.3) is 0 Å². The minimum Gasteiger partial charge on any atom is -0.331 e. The SMILES string of the molecule is CC[N+](C)(C)C.O=S(=O)(NS(=O)(=O)C(F)(F)F)C(F)(F)F. The number of rotatable bonds is 3. The topological polar surface area (TPSA) is 80.3 Å². The van der Waals surface area contributed by atoms with E-state index in [1.165, 1.54) is 6.54 Å². The van der Waals surface area contributed by atoms with E-state index in [1.807, 2.05) is 0 Å². The van der Waals surface area contributed by atoms with Crippen LogP contribution in [0.3, 0.4) is 0 Å². The van der Waals surface area contributed by atoms with Gasteiger partial charge in [0, 0.05) is 0 Å². The second kappa shape index (κ2) is 6.66. The van der Waals surface area contributed by atoms with Crippen LogP contribution in [0.5, 0.6) is 0 Å². The summed E-state index contributed by atoms with van der Waals surface area (Å²) in [6.07, 6.45) is 0. The van der Waals surface area contributed by atoms with Crippen LogP contribution < -0.4 is 4.13 Å². The Balaban J connectivity index is 0. The molecule has 0 unspecified atom stereocenters. The molecule has 14 heteroatoms. The van der Waals surface area contributed by atoms with E-state index in [1.54, 1.807) is 0 Å². The number of quaternary nitrogens is 1. The van der Waals surface area contributed by atoms with Crippen LogP contribution in [0.1, 0.15) is 6.92 Å². The number of nitrogens with zero attached hydrogens (tertiary/aromatic N) is 1. The third-order valence-electron chi connectivity index (χ3n) is 1.78. The first kappa shape index (κ1) is 22.7. The molecule has 0 rings (SSSR count). The van der Waals surface area contributed by atoms with Gasteiger partial charge >= 0.3 is 31.1 Å². The van der Waals surface area contributed by atoms with E-state index < -0.39 is 35.2 Å². The lowest BCUT2D eigenvalue weighted by Gasteiger charge is -2.20. The molecular formula is C7H15F6N2O4S2+. The fourth-order valence-corrected chi connectivity index (χ4v) is 2.15. The number of nitrogens with one attached hydrogen (secondary N) is 1. The molecule has 0 spiro atoms. The molecule has 0 radical (unpaired) electrons. The van der Waals surface area contributed by atoms with Crippen molar-refractivity contribution in [1.29, 1.82) is 0 Å². The highest BCUT2D eigenvalue weighted by atomic mass is 32.3. The summed E-state index contributed by atoms with van der Waals surface area (Å²) in [5, 5.41) is 0. The summed E-state index contributed by atoms with van der Waals surface area (Å²) in [4.78, 5) is 0. The molecule has 0 saturated heterocycles. The number of hydrogen-bond donors (Lipinski definition) is 1. The van der Waals surface area contributed by atoms with Crippen molar-refractivity contribution in [3.8, 4) is 0 Å². The van der Waals surface area contributed by atoms with Crippen molar-refractivity contribution in [3.63, 3.8) is 0 Å². The van der Waals surface area contributed by atoms with Crippen LogP contribution in [0.4, 0.5) is 26.3 Å². The lowest BCUT2D eigenvalue weighted by atomic mass is 10.6. The molecule has 0 fully saturated rings. The first-order chi connectivity index (χ1) is 8.77. The summed E-state index contributed by atoms with van der Waals surface area (Å²) in [5.41, 5.74) is -12.3. The minimum atomic E-state index is -6.60. The normalized spacial score (nSPS) is 14.4. The zero-order valence-corrected chi connectivity index (χ0v) is 13.0. The third kappa shape index (κ3) is 8.43. The van der Waals surface area contributed by atoms with Gasteiger partial charge in [-0.15, -0.1) is 0 Å². The Labute approximate surface area is 118 Å². The van der Waals surface area contributed by atoms with Gasteiger partial charge in [0.25, 0.3) is 0 Å². The highest BCUT2D eigenvalue weighted by Crippen LogP contribution is 2.27. The van der Waals surface area contributed by atoms with Gasteiger partial charge in [-0.3, -0.25) is 0 Å². The van der Waals surface area contributed by atoms with Gasteiger partial charge in [0.05, 0.1) is 27.7 Å². The van der Waals surface area contributed by atoms with Gasteiger partial charge < -0.3 is 4.48 Å². The van der Waals surface area contributed by atoms with E-state index in [0.29, 0.717) is 0 Å². The second-order valence-electron chi connectivity index (χ2n) is 4.59. The average molecular weight is 369 g/mol. The van der Waals surface area contributed by atoms with E-state index in [0.717, 1.165) is 4.48 Å². The van der Waals surface area contributed by atoms with Crippen LogP contribution >= 0.6 is 0 Å². The van der Waals surface area contributed by atoms with Crippen molar-refractivity contribution in [2.45, 2.75) is 17.9 Å². The van der Waals surface area contributed by atoms with Gasteiger partial charge in [-0.2, -0.15) is 26.3 Å². The molecule has 21 heavy (non-hydrogen) atoms. The Hall–Kier alpha value is -0.600. The monoisotopic (exact) mass is 369 g/mol. The van der Waals surface area contributed by atoms with Crippen LogP contribution in [0.2, 0.25) is 0 Å². The maximum atomic E-state index is 11.5. The Kier molecular flexibility index (Phi) is 7.19.